The third kappa shape index (κ3) is 4.15. The van der Waals surface area contributed by atoms with E-state index in [4.69, 9.17) is 9.97 Å². The first-order chi connectivity index (χ1) is 25.7. The average Bonchev–Trinajstić information content (AvgIpc) is 3.72. The maximum Gasteiger partial charge on any atom is 0.235 e. The molecule has 0 N–H and O–H groups in total. The van der Waals surface area contributed by atoms with Crippen molar-refractivity contribution >= 4 is 76.1 Å². The van der Waals surface area contributed by atoms with Gasteiger partial charge in [0.2, 0.25) is 5.95 Å². The lowest BCUT2D eigenvalue weighted by molar-refractivity contribution is 0.829. The second kappa shape index (κ2) is 11.1. The molecule has 3 heterocycles. The molecule has 0 aliphatic rings. The summed E-state index contributed by atoms with van der Waals surface area (Å²) in [6.45, 7) is 3.15. The van der Waals surface area contributed by atoms with Crippen molar-refractivity contribution < 1.29 is 0 Å². The Hall–Kier alpha value is -6.78. The van der Waals surface area contributed by atoms with Crippen LogP contribution in [0.15, 0.2) is 164 Å². The number of aryl methyl sites for hydroxylation is 1. The van der Waals surface area contributed by atoms with Crippen LogP contribution < -0.4 is 0 Å². The third-order valence-electron chi connectivity index (χ3n) is 10.9. The Labute approximate surface area is 299 Å². The SMILES string of the molecule is CCn1c2ccccc2c2cc(-c3ccc4c5ccccc5n(-c5nc(-c6ccc7ccccc7c6)c6ccccc6n5)c4c3)c3ccccc3c21. The van der Waals surface area contributed by atoms with E-state index >= 15 is 0 Å². The van der Waals surface area contributed by atoms with Crippen molar-refractivity contribution in [3.63, 3.8) is 0 Å². The Kier molecular flexibility index (Phi) is 6.20. The van der Waals surface area contributed by atoms with Crippen molar-refractivity contribution in [3.05, 3.63) is 164 Å². The van der Waals surface area contributed by atoms with E-state index in [1.165, 1.54) is 65.3 Å². The summed E-state index contributed by atoms with van der Waals surface area (Å²) in [7, 11) is 0. The summed E-state index contributed by atoms with van der Waals surface area (Å²) in [5, 5.41) is 10.9. The smallest absolute Gasteiger partial charge is 0.235 e. The summed E-state index contributed by atoms with van der Waals surface area (Å²) in [4.78, 5) is 10.7. The Morgan fingerprint density at radius 1 is 0.442 bits per heavy atom. The number of nitrogens with zero attached hydrogens (tertiary/aromatic N) is 4. The largest absolute Gasteiger partial charge is 0.340 e. The standard InChI is InChI=1S/C48H32N4/c1-2-51-43-21-11-8-17-36(43)41-29-40(34-15-5-6-18-38(34)47(41)51)32-25-26-37-35-16-9-12-22-44(35)52(45(37)28-32)48-49-42-20-10-7-19-39(42)46(50-48)33-24-23-30-13-3-4-14-31(30)27-33/h3-29H,2H2,1H3. The molecule has 0 radical (unpaired) electrons. The molecule has 0 unspecified atom stereocenters. The van der Waals surface area contributed by atoms with Gasteiger partial charge in [-0.15, -0.1) is 0 Å². The molecule has 11 aromatic rings. The summed E-state index contributed by atoms with van der Waals surface area (Å²) in [5.41, 5.74) is 10.0. The predicted molar refractivity (Wildman–Crippen MR) is 218 cm³/mol. The first-order valence-corrected chi connectivity index (χ1v) is 18.0. The Bertz CT molecular complexity index is 3240. The number of hydrogen-bond donors (Lipinski definition) is 0. The van der Waals surface area contributed by atoms with Gasteiger partial charge in [0.25, 0.3) is 0 Å². The molecule has 4 heteroatoms. The van der Waals surface area contributed by atoms with Gasteiger partial charge in [0.05, 0.1) is 27.8 Å². The van der Waals surface area contributed by atoms with Gasteiger partial charge in [-0.25, -0.2) is 9.97 Å². The quantitative estimate of drug-likeness (QED) is 0.188. The van der Waals surface area contributed by atoms with Crippen LogP contribution in [0.2, 0.25) is 0 Å². The molecule has 11 rings (SSSR count). The molecule has 0 bridgehead atoms. The van der Waals surface area contributed by atoms with Crippen LogP contribution in [0, 0.1) is 0 Å². The predicted octanol–water partition coefficient (Wildman–Crippen LogP) is 12.5. The highest BCUT2D eigenvalue weighted by Crippen LogP contribution is 2.42. The summed E-state index contributed by atoms with van der Waals surface area (Å²) >= 11 is 0. The summed E-state index contributed by atoms with van der Waals surface area (Å²) in [5.74, 6) is 0.663. The fraction of sp³-hybridized carbons (Fsp3) is 0.0417. The molecule has 0 fully saturated rings. The molecular weight excluding hydrogens is 633 g/mol. The van der Waals surface area contributed by atoms with Gasteiger partial charge in [-0.05, 0) is 70.6 Å². The Morgan fingerprint density at radius 3 is 1.90 bits per heavy atom. The van der Waals surface area contributed by atoms with E-state index in [0.29, 0.717) is 5.95 Å². The van der Waals surface area contributed by atoms with Crippen molar-refractivity contribution in [2.75, 3.05) is 0 Å². The highest BCUT2D eigenvalue weighted by Gasteiger charge is 2.20. The van der Waals surface area contributed by atoms with Crippen LogP contribution >= 0.6 is 0 Å². The van der Waals surface area contributed by atoms with Crippen LogP contribution in [0.25, 0.3) is 104 Å². The molecular formula is C48H32N4. The molecule has 52 heavy (non-hydrogen) atoms. The molecule has 0 saturated carbocycles. The van der Waals surface area contributed by atoms with Crippen molar-refractivity contribution in [2.24, 2.45) is 0 Å². The van der Waals surface area contributed by atoms with Gasteiger partial charge in [-0.2, -0.15) is 0 Å². The lowest BCUT2D eigenvalue weighted by atomic mass is 9.94. The van der Waals surface area contributed by atoms with E-state index in [9.17, 15) is 0 Å². The zero-order chi connectivity index (χ0) is 34.3. The Morgan fingerprint density at radius 2 is 1.08 bits per heavy atom. The lowest BCUT2D eigenvalue weighted by Gasteiger charge is -2.14. The molecule has 3 aromatic heterocycles. The van der Waals surface area contributed by atoms with Gasteiger partial charge in [0.1, 0.15) is 0 Å². The van der Waals surface area contributed by atoms with Crippen LogP contribution in [0.5, 0.6) is 0 Å². The molecule has 4 nitrogen and oxygen atoms in total. The first kappa shape index (κ1) is 29.0. The average molecular weight is 665 g/mol. The minimum Gasteiger partial charge on any atom is -0.340 e. The minimum atomic E-state index is 0.663. The lowest BCUT2D eigenvalue weighted by Crippen LogP contribution is -2.03. The highest BCUT2D eigenvalue weighted by molar-refractivity contribution is 6.22. The maximum atomic E-state index is 5.41. The normalized spacial score (nSPS) is 12.0. The van der Waals surface area contributed by atoms with Gasteiger partial charge in [-0.3, -0.25) is 4.57 Å². The highest BCUT2D eigenvalue weighted by atomic mass is 15.2. The van der Waals surface area contributed by atoms with Gasteiger partial charge < -0.3 is 4.57 Å². The van der Waals surface area contributed by atoms with Crippen molar-refractivity contribution in [3.8, 4) is 28.3 Å². The fourth-order valence-electron chi connectivity index (χ4n) is 8.56. The number of benzene rings is 8. The van der Waals surface area contributed by atoms with Gasteiger partial charge in [0, 0.05) is 49.9 Å². The van der Waals surface area contributed by atoms with Gasteiger partial charge >= 0.3 is 0 Å². The van der Waals surface area contributed by atoms with Crippen molar-refractivity contribution in [1.82, 2.24) is 19.1 Å². The molecule has 0 aliphatic carbocycles. The minimum absolute atomic E-state index is 0.663. The molecule has 0 amide bonds. The van der Waals surface area contributed by atoms with Crippen molar-refractivity contribution in [2.45, 2.75) is 13.5 Å². The van der Waals surface area contributed by atoms with E-state index < -0.39 is 0 Å². The zero-order valence-electron chi connectivity index (χ0n) is 28.6. The number of para-hydroxylation sites is 3. The second-order valence-corrected chi connectivity index (χ2v) is 13.7. The third-order valence-corrected chi connectivity index (χ3v) is 10.9. The van der Waals surface area contributed by atoms with Gasteiger partial charge in [-0.1, -0.05) is 127 Å². The fourth-order valence-corrected chi connectivity index (χ4v) is 8.56. The van der Waals surface area contributed by atoms with E-state index in [1.54, 1.807) is 0 Å². The first-order valence-electron chi connectivity index (χ1n) is 18.0. The van der Waals surface area contributed by atoms with Crippen LogP contribution in [-0.4, -0.2) is 19.1 Å². The van der Waals surface area contributed by atoms with Crippen molar-refractivity contribution in [1.29, 1.82) is 0 Å². The van der Waals surface area contributed by atoms with Crippen LogP contribution in [-0.2, 0) is 6.54 Å². The Balaban J connectivity index is 1.20. The molecule has 0 saturated heterocycles. The monoisotopic (exact) mass is 664 g/mol. The summed E-state index contributed by atoms with van der Waals surface area (Å²) < 4.78 is 4.72. The number of hydrogen-bond acceptors (Lipinski definition) is 2. The topological polar surface area (TPSA) is 35.6 Å². The van der Waals surface area contributed by atoms with Gasteiger partial charge in [0.15, 0.2) is 0 Å². The zero-order valence-corrected chi connectivity index (χ0v) is 28.6. The van der Waals surface area contributed by atoms with E-state index in [1.807, 2.05) is 0 Å². The second-order valence-electron chi connectivity index (χ2n) is 13.7. The number of aromatic nitrogens is 4. The molecule has 8 aromatic carbocycles. The van der Waals surface area contributed by atoms with Crippen LogP contribution in [0.3, 0.4) is 0 Å². The van der Waals surface area contributed by atoms with Crippen LogP contribution in [0.1, 0.15) is 6.92 Å². The molecule has 0 spiro atoms. The summed E-state index contributed by atoms with van der Waals surface area (Å²) in [6.07, 6.45) is 0. The van der Waals surface area contributed by atoms with Crippen LogP contribution in [0.4, 0.5) is 0 Å². The van der Waals surface area contributed by atoms with E-state index in [0.717, 1.165) is 39.7 Å². The number of rotatable bonds is 4. The summed E-state index contributed by atoms with van der Waals surface area (Å²) in [6, 6.07) is 59.1. The van der Waals surface area contributed by atoms with E-state index in [2.05, 4.69) is 180 Å². The molecule has 0 atom stereocenters. The molecule has 244 valence electrons. The maximum absolute atomic E-state index is 5.41. The van der Waals surface area contributed by atoms with E-state index in [-0.39, 0.29) is 0 Å². The number of fused-ring (bicyclic) bond motifs is 10. The molecule has 0 aliphatic heterocycles.